The lowest BCUT2D eigenvalue weighted by molar-refractivity contribution is 0.102. The Morgan fingerprint density at radius 2 is 1.92 bits per heavy atom. The van der Waals surface area contributed by atoms with Crippen LogP contribution in [-0.4, -0.2) is 20.9 Å². The summed E-state index contributed by atoms with van der Waals surface area (Å²) in [4.78, 5) is 24.7. The zero-order valence-electron chi connectivity index (χ0n) is 12.9. The maximum absolute atomic E-state index is 12.2. The average Bonchev–Trinajstić information content (AvgIpc) is 2.64. The first-order valence-electron chi connectivity index (χ1n) is 7.34. The summed E-state index contributed by atoms with van der Waals surface area (Å²) in [7, 11) is 0. The second kappa shape index (κ2) is 7.92. The van der Waals surface area contributed by atoms with Gasteiger partial charge in [-0.2, -0.15) is 0 Å². The van der Waals surface area contributed by atoms with Crippen molar-refractivity contribution >= 4 is 40.6 Å². The number of rotatable bonds is 5. The van der Waals surface area contributed by atoms with Crippen molar-refractivity contribution in [2.24, 2.45) is 0 Å². The van der Waals surface area contributed by atoms with E-state index in [0.717, 1.165) is 5.69 Å². The van der Waals surface area contributed by atoms with Crippen LogP contribution in [0.1, 0.15) is 16.2 Å². The number of carbonyl (C=O) groups excluding carboxylic acids is 1. The van der Waals surface area contributed by atoms with Gasteiger partial charge in [-0.05, 0) is 30.3 Å². The SMILES string of the molecule is O=C(Nc1cc(Cl)ccc1Cl)c1cnc(NCc2ccccn2)cn1. The molecule has 0 unspecified atom stereocenters. The summed E-state index contributed by atoms with van der Waals surface area (Å²) in [6.45, 7) is 0.513. The fraction of sp³-hybridized carbons (Fsp3) is 0.0588. The van der Waals surface area contributed by atoms with Gasteiger partial charge in [0.2, 0.25) is 0 Å². The lowest BCUT2D eigenvalue weighted by atomic mass is 10.3. The molecule has 3 rings (SSSR count). The Labute approximate surface area is 154 Å². The van der Waals surface area contributed by atoms with Crippen molar-refractivity contribution in [1.82, 2.24) is 15.0 Å². The standard InChI is InChI=1S/C17H13Cl2N5O/c18-11-4-5-13(19)14(7-11)24-17(25)15-9-23-16(10-21-15)22-8-12-3-1-2-6-20-12/h1-7,9-10H,8H2,(H,22,23)(H,24,25). The van der Waals surface area contributed by atoms with Gasteiger partial charge in [-0.1, -0.05) is 29.3 Å². The van der Waals surface area contributed by atoms with Gasteiger partial charge in [0.15, 0.2) is 0 Å². The fourth-order valence-corrected chi connectivity index (χ4v) is 2.34. The summed E-state index contributed by atoms with van der Waals surface area (Å²) in [6, 6.07) is 10.5. The topological polar surface area (TPSA) is 79.8 Å². The van der Waals surface area contributed by atoms with Crippen molar-refractivity contribution in [2.45, 2.75) is 6.54 Å². The second-order valence-corrected chi connectivity index (χ2v) is 5.88. The van der Waals surface area contributed by atoms with Crippen LogP contribution in [0, 0.1) is 0 Å². The van der Waals surface area contributed by atoms with E-state index >= 15 is 0 Å². The van der Waals surface area contributed by atoms with Gasteiger partial charge in [-0.25, -0.2) is 9.97 Å². The van der Waals surface area contributed by atoms with Gasteiger partial charge in [0.05, 0.1) is 35.3 Å². The molecule has 2 aromatic heterocycles. The highest BCUT2D eigenvalue weighted by molar-refractivity contribution is 6.35. The third-order valence-electron chi connectivity index (χ3n) is 3.24. The average molecular weight is 374 g/mol. The number of carbonyl (C=O) groups is 1. The Bertz CT molecular complexity index is 872. The zero-order valence-corrected chi connectivity index (χ0v) is 14.4. The van der Waals surface area contributed by atoms with E-state index < -0.39 is 5.91 Å². The minimum absolute atomic E-state index is 0.166. The van der Waals surface area contributed by atoms with Gasteiger partial charge in [0, 0.05) is 11.2 Å². The van der Waals surface area contributed by atoms with Crippen molar-refractivity contribution < 1.29 is 4.79 Å². The van der Waals surface area contributed by atoms with E-state index in [4.69, 9.17) is 23.2 Å². The number of benzene rings is 1. The van der Waals surface area contributed by atoms with Crippen LogP contribution < -0.4 is 10.6 Å². The number of nitrogens with one attached hydrogen (secondary N) is 2. The predicted octanol–water partition coefficient (Wildman–Crippen LogP) is 4.04. The highest BCUT2D eigenvalue weighted by Crippen LogP contribution is 2.25. The van der Waals surface area contributed by atoms with Crippen LogP contribution in [0.15, 0.2) is 55.0 Å². The van der Waals surface area contributed by atoms with Gasteiger partial charge in [0.25, 0.3) is 5.91 Å². The molecule has 6 nitrogen and oxygen atoms in total. The van der Waals surface area contributed by atoms with E-state index in [2.05, 4.69) is 25.6 Å². The molecular formula is C17H13Cl2N5O. The Hall–Kier alpha value is -2.70. The minimum Gasteiger partial charge on any atom is -0.363 e. The summed E-state index contributed by atoms with van der Waals surface area (Å²) >= 11 is 11.9. The first-order valence-corrected chi connectivity index (χ1v) is 8.09. The summed E-state index contributed by atoms with van der Waals surface area (Å²) in [6.07, 6.45) is 4.59. The largest absolute Gasteiger partial charge is 0.363 e. The number of anilines is 2. The third-order valence-corrected chi connectivity index (χ3v) is 3.80. The monoisotopic (exact) mass is 373 g/mol. The Kier molecular flexibility index (Phi) is 5.42. The molecule has 3 aromatic rings. The first-order chi connectivity index (χ1) is 12.1. The highest BCUT2D eigenvalue weighted by atomic mass is 35.5. The van der Waals surface area contributed by atoms with Crippen LogP contribution in [0.3, 0.4) is 0 Å². The number of amides is 1. The molecule has 0 aliphatic carbocycles. The molecule has 0 aliphatic heterocycles. The maximum Gasteiger partial charge on any atom is 0.275 e. The summed E-state index contributed by atoms with van der Waals surface area (Å²) in [5, 5.41) is 6.60. The molecule has 1 amide bonds. The molecule has 0 bridgehead atoms. The lowest BCUT2D eigenvalue weighted by Crippen LogP contribution is -2.15. The van der Waals surface area contributed by atoms with Crippen molar-refractivity contribution in [1.29, 1.82) is 0 Å². The molecule has 0 atom stereocenters. The molecule has 0 fully saturated rings. The lowest BCUT2D eigenvalue weighted by Gasteiger charge is -2.08. The molecule has 0 spiro atoms. The van der Waals surface area contributed by atoms with Crippen LogP contribution in [0.4, 0.5) is 11.5 Å². The highest BCUT2D eigenvalue weighted by Gasteiger charge is 2.11. The minimum atomic E-state index is -0.423. The normalized spacial score (nSPS) is 10.3. The van der Waals surface area contributed by atoms with Crippen LogP contribution >= 0.6 is 23.2 Å². The summed E-state index contributed by atoms with van der Waals surface area (Å²) in [5.41, 5.74) is 1.46. The number of nitrogens with zero attached hydrogens (tertiary/aromatic N) is 3. The smallest absolute Gasteiger partial charge is 0.275 e. The molecule has 25 heavy (non-hydrogen) atoms. The van der Waals surface area contributed by atoms with Gasteiger partial charge in [0.1, 0.15) is 11.5 Å². The third kappa shape index (κ3) is 4.65. The van der Waals surface area contributed by atoms with Gasteiger partial charge in [-0.3, -0.25) is 9.78 Å². The quantitative estimate of drug-likeness (QED) is 0.705. The summed E-state index contributed by atoms with van der Waals surface area (Å²) < 4.78 is 0. The Morgan fingerprint density at radius 1 is 1.04 bits per heavy atom. The van der Waals surface area contributed by atoms with Crippen molar-refractivity contribution in [2.75, 3.05) is 10.6 Å². The van der Waals surface area contributed by atoms with Crippen LogP contribution in [0.2, 0.25) is 10.0 Å². The predicted molar refractivity (Wildman–Crippen MR) is 98.0 cm³/mol. The first kappa shape index (κ1) is 17.1. The molecule has 0 saturated heterocycles. The van der Waals surface area contributed by atoms with E-state index in [1.165, 1.54) is 12.4 Å². The van der Waals surface area contributed by atoms with E-state index in [0.29, 0.717) is 28.1 Å². The fourth-order valence-electron chi connectivity index (χ4n) is 2.00. The van der Waals surface area contributed by atoms with Crippen LogP contribution in [0.5, 0.6) is 0 Å². The molecule has 0 saturated carbocycles. The molecule has 2 heterocycles. The van der Waals surface area contributed by atoms with Gasteiger partial charge < -0.3 is 10.6 Å². The molecule has 8 heteroatoms. The number of pyridine rings is 1. The maximum atomic E-state index is 12.2. The second-order valence-electron chi connectivity index (χ2n) is 5.04. The van der Waals surface area contributed by atoms with Crippen molar-refractivity contribution in [3.63, 3.8) is 0 Å². The van der Waals surface area contributed by atoms with Crippen LogP contribution in [-0.2, 0) is 6.54 Å². The van der Waals surface area contributed by atoms with E-state index in [1.807, 2.05) is 18.2 Å². The molecule has 0 aliphatic rings. The van der Waals surface area contributed by atoms with E-state index in [-0.39, 0.29) is 5.69 Å². The molecular weight excluding hydrogens is 361 g/mol. The zero-order chi connectivity index (χ0) is 17.6. The van der Waals surface area contributed by atoms with Crippen molar-refractivity contribution in [3.05, 3.63) is 76.4 Å². The van der Waals surface area contributed by atoms with Gasteiger partial charge >= 0.3 is 0 Å². The molecule has 0 radical (unpaired) electrons. The van der Waals surface area contributed by atoms with E-state index in [1.54, 1.807) is 24.4 Å². The number of hydrogen-bond donors (Lipinski definition) is 2. The Morgan fingerprint density at radius 3 is 2.64 bits per heavy atom. The summed E-state index contributed by atoms with van der Waals surface area (Å²) in [5.74, 6) is 0.121. The van der Waals surface area contributed by atoms with Crippen molar-refractivity contribution in [3.8, 4) is 0 Å². The number of aromatic nitrogens is 3. The molecule has 2 N–H and O–H groups in total. The molecule has 126 valence electrons. The molecule has 1 aromatic carbocycles. The van der Waals surface area contributed by atoms with Gasteiger partial charge in [-0.15, -0.1) is 0 Å². The van der Waals surface area contributed by atoms with Crippen LogP contribution in [0.25, 0.3) is 0 Å². The Balaban J connectivity index is 1.63. The van der Waals surface area contributed by atoms with E-state index in [9.17, 15) is 4.79 Å². The number of halogens is 2. The number of hydrogen-bond acceptors (Lipinski definition) is 5.